The van der Waals surface area contributed by atoms with Gasteiger partial charge in [0.05, 0.1) is 16.9 Å². The second-order valence-electron chi connectivity index (χ2n) is 10.1. The largest absolute Gasteiger partial charge is 0.352 e. The number of carbonyl (C=O) groups is 2. The number of benzene rings is 3. The molecule has 0 aliphatic heterocycles. The number of nitrogens with zero attached hydrogens (tertiary/aromatic N) is 3. The summed E-state index contributed by atoms with van der Waals surface area (Å²) in [5, 5.41) is 14.3. The molecule has 2 atom stereocenters. The number of non-ortho nitro benzene ring substituents is 1. The molecule has 3 aromatic carbocycles. The van der Waals surface area contributed by atoms with Gasteiger partial charge in [-0.25, -0.2) is 8.42 Å². The van der Waals surface area contributed by atoms with Crippen LogP contribution in [-0.4, -0.2) is 54.9 Å². The van der Waals surface area contributed by atoms with Gasteiger partial charge in [0.1, 0.15) is 12.6 Å². The van der Waals surface area contributed by atoms with Crippen molar-refractivity contribution in [3.63, 3.8) is 0 Å². The van der Waals surface area contributed by atoms with E-state index >= 15 is 0 Å². The molecule has 0 aliphatic rings. The van der Waals surface area contributed by atoms with Crippen LogP contribution in [0.2, 0.25) is 0 Å². The van der Waals surface area contributed by atoms with E-state index in [1.165, 1.54) is 23.1 Å². The number of anilines is 1. The molecule has 10 nitrogen and oxygen atoms in total. The average molecular weight is 581 g/mol. The lowest BCUT2D eigenvalue weighted by atomic mass is 10.0. The lowest BCUT2D eigenvalue weighted by Crippen LogP contribution is -2.54. The first-order valence-corrected chi connectivity index (χ1v) is 15.1. The monoisotopic (exact) mass is 580 g/mol. The predicted molar refractivity (Wildman–Crippen MR) is 159 cm³/mol. The van der Waals surface area contributed by atoms with Crippen molar-refractivity contribution in [3.05, 3.63) is 106 Å². The Morgan fingerprint density at radius 1 is 0.976 bits per heavy atom. The van der Waals surface area contributed by atoms with Gasteiger partial charge in [0, 0.05) is 31.1 Å². The molecule has 0 aliphatic carbocycles. The first-order chi connectivity index (χ1) is 19.4. The van der Waals surface area contributed by atoms with Crippen LogP contribution in [0.1, 0.15) is 37.0 Å². The molecule has 0 aromatic heterocycles. The van der Waals surface area contributed by atoms with Crippen LogP contribution >= 0.6 is 0 Å². The minimum absolute atomic E-state index is 0.0192. The third-order valence-corrected chi connectivity index (χ3v) is 7.86. The van der Waals surface area contributed by atoms with Crippen molar-refractivity contribution >= 4 is 33.2 Å². The highest BCUT2D eigenvalue weighted by atomic mass is 32.2. The Morgan fingerprint density at radius 2 is 1.63 bits per heavy atom. The van der Waals surface area contributed by atoms with Gasteiger partial charge in [-0.15, -0.1) is 0 Å². The van der Waals surface area contributed by atoms with Gasteiger partial charge in [0.15, 0.2) is 0 Å². The van der Waals surface area contributed by atoms with E-state index < -0.39 is 33.4 Å². The molecule has 0 spiro atoms. The van der Waals surface area contributed by atoms with Gasteiger partial charge in [-0.1, -0.05) is 73.2 Å². The number of rotatable bonds is 13. The molecule has 0 heterocycles. The molecular weight excluding hydrogens is 544 g/mol. The van der Waals surface area contributed by atoms with Crippen LogP contribution in [0.3, 0.4) is 0 Å². The van der Waals surface area contributed by atoms with Gasteiger partial charge in [-0.05, 0) is 37.5 Å². The van der Waals surface area contributed by atoms with Crippen LogP contribution in [0.4, 0.5) is 11.4 Å². The Bertz CT molecular complexity index is 1480. The van der Waals surface area contributed by atoms with Gasteiger partial charge in [-0.2, -0.15) is 0 Å². The van der Waals surface area contributed by atoms with Crippen LogP contribution in [0.5, 0.6) is 0 Å². The number of hydrogen-bond acceptors (Lipinski definition) is 6. The van der Waals surface area contributed by atoms with Crippen molar-refractivity contribution in [2.24, 2.45) is 0 Å². The third kappa shape index (κ3) is 8.87. The van der Waals surface area contributed by atoms with Gasteiger partial charge in [0.25, 0.3) is 5.69 Å². The van der Waals surface area contributed by atoms with E-state index in [-0.39, 0.29) is 36.3 Å². The zero-order chi connectivity index (χ0) is 30.2. The summed E-state index contributed by atoms with van der Waals surface area (Å²) in [5.74, 6) is -0.978. The number of amides is 2. The van der Waals surface area contributed by atoms with Crippen LogP contribution in [0, 0.1) is 17.0 Å². The smallest absolute Gasteiger partial charge is 0.271 e. The van der Waals surface area contributed by atoms with Crippen molar-refractivity contribution in [1.29, 1.82) is 0 Å². The summed E-state index contributed by atoms with van der Waals surface area (Å²) in [5.41, 5.74) is 2.24. The molecule has 1 N–H and O–H groups in total. The molecular formula is C30H36N4O6S. The Kier molecular flexibility index (Phi) is 10.6. The van der Waals surface area contributed by atoms with E-state index in [1.807, 2.05) is 75.4 Å². The lowest BCUT2D eigenvalue weighted by molar-refractivity contribution is -0.384. The number of carbonyl (C=O) groups excluding carboxylic acids is 2. The number of nitrogens with one attached hydrogen (secondary N) is 1. The molecule has 0 saturated heterocycles. The zero-order valence-corrected chi connectivity index (χ0v) is 24.5. The van der Waals surface area contributed by atoms with E-state index in [2.05, 4.69) is 5.32 Å². The molecule has 41 heavy (non-hydrogen) atoms. The molecule has 0 fully saturated rings. The van der Waals surface area contributed by atoms with E-state index in [0.29, 0.717) is 6.42 Å². The van der Waals surface area contributed by atoms with Gasteiger partial charge in [0.2, 0.25) is 21.8 Å². The SMILES string of the molecule is CC[C@@H](C)NC(=O)[C@H](Cc1ccccc1)N(Cc1cccc(C)c1)C(=O)CN(c1cccc([N+](=O)[O-])c1)S(C)(=O)=O. The standard InChI is InChI=1S/C30H36N4O6S/c1-5-23(3)31-30(36)28(18-24-12-7-6-8-13-24)32(20-25-14-9-11-22(2)17-25)29(35)21-33(41(4,39)40)26-15-10-16-27(19-26)34(37)38/h6-17,19,23,28H,5,18,20-21H2,1-4H3,(H,31,36)/t23-,28+/m1/s1. The molecule has 218 valence electrons. The van der Waals surface area contributed by atoms with Gasteiger partial charge >= 0.3 is 0 Å². The van der Waals surface area contributed by atoms with Gasteiger partial charge in [-0.3, -0.25) is 24.0 Å². The molecule has 2 amide bonds. The molecule has 0 radical (unpaired) electrons. The lowest BCUT2D eigenvalue weighted by Gasteiger charge is -2.34. The predicted octanol–water partition coefficient (Wildman–Crippen LogP) is 4.22. The second kappa shape index (κ2) is 13.9. The maximum atomic E-state index is 14.1. The van der Waals surface area contributed by atoms with Crippen molar-refractivity contribution in [2.45, 2.75) is 52.2 Å². The molecule has 11 heteroatoms. The number of aryl methyl sites for hydroxylation is 1. The van der Waals surface area contributed by atoms with Crippen LogP contribution in [0.15, 0.2) is 78.9 Å². The summed E-state index contributed by atoms with van der Waals surface area (Å²) in [6, 6.07) is 20.8. The topological polar surface area (TPSA) is 130 Å². The Balaban J connectivity index is 2.08. The van der Waals surface area contributed by atoms with E-state index in [9.17, 15) is 28.1 Å². The number of sulfonamides is 1. The highest BCUT2D eigenvalue weighted by Crippen LogP contribution is 2.24. The minimum atomic E-state index is -4.03. The van der Waals surface area contributed by atoms with Crippen molar-refractivity contribution in [1.82, 2.24) is 10.2 Å². The van der Waals surface area contributed by atoms with Crippen molar-refractivity contribution < 1.29 is 22.9 Å². The summed E-state index contributed by atoms with van der Waals surface area (Å²) >= 11 is 0. The number of nitro benzene ring substituents is 1. The molecule has 3 aromatic rings. The average Bonchev–Trinajstić information content (AvgIpc) is 2.93. The second-order valence-corrected chi connectivity index (χ2v) is 12.0. The first kappa shape index (κ1) is 31.3. The quantitative estimate of drug-likeness (QED) is 0.238. The van der Waals surface area contributed by atoms with Crippen LogP contribution < -0.4 is 9.62 Å². The summed E-state index contributed by atoms with van der Waals surface area (Å²) in [4.78, 5) is 39.9. The highest BCUT2D eigenvalue weighted by Gasteiger charge is 2.33. The third-order valence-electron chi connectivity index (χ3n) is 6.72. The molecule has 0 bridgehead atoms. The fourth-order valence-electron chi connectivity index (χ4n) is 4.38. The zero-order valence-electron chi connectivity index (χ0n) is 23.7. The summed E-state index contributed by atoms with van der Waals surface area (Å²) in [6.07, 6.45) is 1.82. The fourth-order valence-corrected chi connectivity index (χ4v) is 5.22. The van der Waals surface area contributed by atoms with Gasteiger partial charge < -0.3 is 10.2 Å². The van der Waals surface area contributed by atoms with Crippen molar-refractivity contribution in [2.75, 3.05) is 17.1 Å². The summed E-state index contributed by atoms with van der Waals surface area (Å²) in [6.45, 7) is 5.14. The molecule has 0 saturated carbocycles. The number of hydrogen-bond donors (Lipinski definition) is 1. The van der Waals surface area contributed by atoms with E-state index in [1.54, 1.807) is 0 Å². The van der Waals surface area contributed by atoms with Crippen LogP contribution in [0.25, 0.3) is 0 Å². The maximum Gasteiger partial charge on any atom is 0.271 e. The maximum absolute atomic E-state index is 14.1. The fraction of sp³-hybridized carbons (Fsp3) is 0.333. The normalized spacial score (nSPS) is 12.7. The van der Waals surface area contributed by atoms with E-state index in [0.717, 1.165) is 33.3 Å². The van der Waals surface area contributed by atoms with E-state index in [4.69, 9.17) is 0 Å². The van der Waals surface area contributed by atoms with Crippen molar-refractivity contribution in [3.8, 4) is 0 Å². The minimum Gasteiger partial charge on any atom is -0.352 e. The number of nitro groups is 1. The molecule has 3 rings (SSSR count). The highest BCUT2D eigenvalue weighted by molar-refractivity contribution is 7.92. The Morgan fingerprint density at radius 3 is 2.24 bits per heavy atom. The summed E-state index contributed by atoms with van der Waals surface area (Å²) in [7, 11) is -4.03. The van der Waals surface area contributed by atoms with Crippen LogP contribution in [-0.2, 0) is 32.6 Å². The Hall–Kier alpha value is -4.25. The molecule has 0 unspecified atom stereocenters. The first-order valence-electron chi connectivity index (χ1n) is 13.3. The summed E-state index contributed by atoms with van der Waals surface area (Å²) < 4.78 is 26.5. The Labute approximate surface area is 241 Å².